The molecule has 2 heterocycles. The Morgan fingerprint density at radius 2 is 1.81 bits per heavy atom. The van der Waals surface area contributed by atoms with Crippen molar-refractivity contribution in [1.29, 1.82) is 0 Å². The van der Waals surface area contributed by atoms with Gasteiger partial charge in [0.05, 0.1) is 0 Å². The second kappa shape index (κ2) is 10.4. The molecule has 7 nitrogen and oxygen atoms in total. The highest BCUT2D eigenvalue weighted by Gasteiger charge is 2.47. The van der Waals surface area contributed by atoms with Crippen LogP contribution in [0.25, 0.3) is 0 Å². The van der Waals surface area contributed by atoms with E-state index < -0.39 is 6.04 Å². The molecule has 168 valence electrons. The molecule has 1 saturated carbocycles. The highest BCUT2D eigenvalue weighted by Crippen LogP contribution is 2.40. The van der Waals surface area contributed by atoms with E-state index in [9.17, 15) is 14.4 Å². The lowest BCUT2D eigenvalue weighted by molar-refractivity contribution is -0.125. The van der Waals surface area contributed by atoms with Gasteiger partial charge in [-0.15, -0.1) is 0 Å². The molecule has 1 aliphatic carbocycles. The maximum atomic E-state index is 13.3. The number of pyridine rings is 1. The number of nitrogens with one attached hydrogen (secondary N) is 2. The van der Waals surface area contributed by atoms with Gasteiger partial charge in [0.15, 0.2) is 0 Å². The summed E-state index contributed by atoms with van der Waals surface area (Å²) in [5.74, 6) is -0.000454. The van der Waals surface area contributed by atoms with Gasteiger partial charge >= 0.3 is 0 Å². The van der Waals surface area contributed by atoms with Crippen LogP contribution in [0.5, 0.6) is 0 Å². The van der Waals surface area contributed by atoms with Crippen molar-refractivity contribution in [3.63, 3.8) is 0 Å². The number of fused-ring (bicyclic) bond motifs is 1. The summed E-state index contributed by atoms with van der Waals surface area (Å²) in [4.78, 5) is 44.3. The highest BCUT2D eigenvalue weighted by molar-refractivity contribution is 5.98. The summed E-state index contributed by atoms with van der Waals surface area (Å²) in [6.45, 7) is 0.656. The van der Waals surface area contributed by atoms with Crippen molar-refractivity contribution >= 4 is 17.7 Å². The number of rotatable bonds is 7. The van der Waals surface area contributed by atoms with Crippen LogP contribution in [0.4, 0.5) is 0 Å². The van der Waals surface area contributed by atoms with E-state index in [1.54, 1.807) is 24.5 Å². The summed E-state index contributed by atoms with van der Waals surface area (Å²) in [5.41, 5.74) is 1.54. The minimum Gasteiger partial charge on any atom is -0.354 e. The van der Waals surface area contributed by atoms with E-state index in [1.807, 2.05) is 35.2 Å². The molecule has 0 spiro atoms. The summed E-state index contributed by atoms with van der Waals surface area (Å²) < 4.78 is 0. The Morgan fingerprint density at radius 3 is 2.59 bits per heavy atom. The van der Waals surface area contributed by atoms with Crippen LogP contribution in [0.3, 0.4) is 0 Å². The van der Waals surface area contributed by atoms with Gasteiger partial charge in [0, 0.05) is 43.5 Å². The van der Waals surface area contributed by atoms with E-state index in [0.29, 0.717) is 24.4 Å². The topological polar surface area (TPSA) is 91.4 Å². The normalized spacial score (nSPS) is 22.1. The van der Waals surface area contributed by atoms with Crippen LogP contribution in [-0.4, -0.2) is 46.2 Å². The van der Waals surface area contributed by atoms with Crippen LogP contribution in [0, 0.1) is 5.92 Å². The van der Waals surface area contributed by atoms with Crippen LogP contribution in [0.15, 0.2) is 54.9 Å². The SMILES string of the molecule is O=C(CCNC(=O)C1CC2CCCCC2N1C(=O)c1ccccc1)NCc1cccnc1. The summed E-state index contributed by atoms with van der Waals surface area (Å²) in [6.07, 6.45) is 8.53. The van der Waals surface area contributed by atoms with Gasteiger partial charge in [0.2, 0.25) is 11.8 Å². The first kappa shape index (κ1) is 22.0. The molecule has 1 aromatic heterocycles. The number of hydrogen-bond donors (Lipinski definition) is 2. The third kappa shape index (κ3) is 5.15. The van der Waals surface area contributed by atoms with Gasteiger partial charge < -0.3 is 15.5 Å². The molecular weight excluding hydrogens is 404 g/mol. The van der Waals surface area contributed by atoms with E-state index in [4.69, 9.17) is 0 Å². The Labute approximate surface area is 188 Å². The van der Waals surface area contributed by atoms with Crippen molar-refractivity contribution in [3.8, 4) is 0 Å². The maximum absolute atomic E-state index is 13.3. The first-order valence-electron chi connectivity index (χ1n) is 11.4. The number of hydrogen-bond acceptors (Lipinski definition) is 4. The molecule has 7 heteroatoms. The molecule has 2 aromatic rings. The molecule has 3 atom stereocenters. The monoisotopic (exact) mass is 434 g/mol. The molecule has 2 N–H and O–H groups in total. The molecule has 1 aliphatic heterocycles. The Bertz CT molecular complexity index is 935. The molecule has 2 fully saturated rings. The van der Waals surface area contributed by atoms with Gasteiger partial charge in [-0.25, -0.2) is 0 Å². The molecular formula is C25H30N4O3. The summed E-state index contributed by atoms with van der Waals surface area (Å²) in [7, 11) is 0. The molecule has 1 aromatic carbocycles. The lowest BCUT2D eigenvalue weighted by atomic mass is 9.84. The van der Waals surface area contributed by atoms with Crippen LogP contribution in [0.1, 0.15) is 54.4 Å². The zero-order chi connectivity index (χ0) is 22.3. The van der Waals surface area contributed by atoms with Gasteiger partial charge in [0.1, 0.15) is 6.04 Å². The fourth-order valence-electron chi connectivity index (χ4n) is 4.92. The Kier molecular flexibility index (Phi) is 7.14. The van der Waals surface area contributed by atoms with E-state index >= 15 is 0 Å². The summed E-state index contributed by atoms with van der Waals surface area (Å²) >= 11 is 0. The van der Waals surface area contributed by atoms with Crippen molar-refractivity contribution in [1.82, 2.24) is 20.5 Å². The molecule has 0 bridgehead atoms. The fraction of sp³-hybridized carbons (Fsp3) is 0.440. The lowest BCUT2D eigenvalue weighted by Crippen LogP contribution is -2.50. The summed E-state index contributed by atoms with van der Waals surface area (Å²) in [5, 5.41) is 5.73. The van der Waals surface area contributed by atoms with Crippen molar-refractivity contribution in [3.05, 3.63) is 66.0 Å². The van der Waals surface area contributed by atoms with Gasteiger partial charge in [0.25, 0.3) is 5.91 Å². The second-order valence-corrected chi connectivity index (χ2v) is 8.62. The third-order valence-electron chi connectivity index (χ3n) is 6.51. The lowest BCUT2D eigenvalue weighted by Gasteiger charge is -2.33. The predicted molar refractivity (Wildman–Crippen MR) is 120 cm³/mol. The predicted octanol–water partition coefficient (Wildman–Crippen LogP) is 2.68. The molecule has 2 aliphatic rings. The van der Waals surface area contributed by atoms with Crippen molar-refractivity contribution in [2.75, 3.05) is 6.54 Å². The average Bonchev–Trinajstić information content (AvgIpc) is 3.23. The van der Waals surface area contributed by atoms with Gasteiger partial charge in [-0.1, -0.05) is 37.1 Å². The van der Waals surface area contributed by atoms with Crippen LogP contribution in [-0.2, 0) is 16.1 Å². The first-order valence-corrected chi connectivity index (χ1v) is 11.4. The van der Waals surface area contributed by atoms with Gasteiger partial charge in [-0.2, -0.15) is 0 Å². The largest absolute Gasteiger partial charge is 0.354 e. The van der Waals surface area contributed by atoms with Crippen molar-refractivity contribution in [2.45, 2.75) is 57.2 Å². The smallest absolute Gasteiger partial charge is 0.254 e. The minimum atomic E-state index is -0.478. The molecule has 1 saturated heterocycles. The van der Waals surface area contributed by atoms with Gasteiger partial charge in [-0.05, 0) is 48.9 Å². The molecule has 3 amide bonds. The number of carbonyl (C=O) groups is 3. The number of likely N-dealkylation sites (tertiary alicyclic amines) is 1. The molecule has 3 unspecified atom stereocenters. The molecule has 32 heavy (non-hydrogen) atoms. The third-order valence-corrected chi connectivity index (χ3v) is 6.51. The number of nitrogens with zero attached hydrogens (tertiary/aromatic N) is 2. The Hall–Kier alpha value is -3.22. The Morgan fingerprint density at radius 1 is 1.00 bits per heavy atom. The fourth-order valence-corrected chi connectivity index (χ4v) is 4.92. The van der Waals surface area contributed by atoms with Crippen LogP contribution >= 0.6 is 0 Å². The van der Waals surface area contributed by atoms with E-state index in [1.165, 1.54) is 0 Å². The first-order chi connectivity index (χ1) is 15.6. The minimum absolute atomic E-state index is 0.0747. The zero-order valence-electron chi connectivity index (χ0n) is 18.2. The van der Waals surface area contributed by atoms with E-state index in [2.05, 4.69) is 15.6 Å². The number of amides is 3. The van der Waals surface area contributed by atoms with Gasteiger partial charge in [-0.3, -0.25) is 19.4 Å². The second-order valence-electron chi connectivity index (χ2n) is 8.62. The van der Waals surface area contributed by atoms with E-state index in [0.717, 1.165) is 31.2 Å². The Balaban J connectivity index is 1.33. The summed E-state index contributed by atoms with van der Waals surface area (Å²) in [6, 6.07) is 12.6. The van der Waals surface area contributed by atoms with Crippen molar-refractivity contribution < 1.29 is 14.4 Å². The van der Waals surface area contributed by atoms with E-state index in [-0.39, 0.29) is 36.7 Å². The van der Waals surface area contributed by atoms with Crippen LogP contribution < -0.4 is 10.6 Å². The van der Waals surface area contributed by atoms with Crippen LogP contribution in [0.2, 0.25) is 0 Å². The number of carbonyl (C=O) groups excluding carboxylic acids is 3. The number of aromatic nitrogens is 1. The standard InChI is InChI=1S/C25H30N4O3/c30-23(28-17-18-7-6-13-26-16-18)12-14-27-24(31)22-15-20-10-4-5-11-21(20)29(22)25(32)19-8-2-1-3-9-19/h1-3,6-9,13,16,20-22H,4-5,10-12,14-15,17H2,(H,27,31)(H,28,30). The molecule has 0 radical (unpaired) electrons. The number of benzene rings is 1. The van der Waals surface area contributed by atoms with Crippen molar-refractivity contribution in [2.24, 2.45) is 5.92 Å². The zero-order valence-corrected chi connectivity index (χ0v) is 18.2. The highest BCUT2D eigenvalue weighted by atomic mass is 16.2. The average molecular weight is 435 g/mol. The maximum Gasteiger partial charge on any atom is 0.254 e. The quantitative estimate of drug-likeness (QED) is 0.701. The molecule has 4 rings (SSSR count).